The molecule has 0 fully saturated rings. The van der Waals surface area contributed by atoms with Crippen LogP contribution in [0.25, 0.3) is 71.9 Å². The van der Waals surface area contributed by atoms with E-state index >= 15 is 0 Å². The molecule has 0 aliphatic rings. The van der Waals surface area contributed by atoms with Crippen molar-refractivity contribution in [3.05, 3.63) is 173 Å². The highest BCUT2D eigenvalue weighted by atomic mass is 35.5. The highest BCUT2D eigenvalue weighted by molar-refractivity contribution is 6.34. The van der Waals surface area contributed by atoms with Crippen molar-refractivity contribution >= 4 is 94.9 Å². The topological polar surface area (TPSA) is 192 Å². The average Bonchev–Trinajstić information content (AvgIpc) is 3.98. The van der Waals surface area contributed by atoms with E-state index in [1.54, 1.807) is 114 Å². The Morgan fingerprint density at radius 3 is 2.00 bits per heavy atom. The lowest BCUT2D eigenvalue weighted by Gasteiger charge is -2.12. The van der Waals surface area contributed by atoms with E-state index < -0.39 is 5.91 Å². The van der Waals surface area contributed by atoms with Gasteiger partial charge in [-0.05, 0) is 96.4 Å². The number of pyridine rings is 1. The van der Waals surface area contributed by atoms with Crippen LogP contribution in [0.2, 0.25) is 5.02 Å². The molecule has 8 aromatic carbocycles. The summed E-state index contributed by atoms with van der Waals surface area (Å²) in [6, 6.07) is 43.9. The van der Waals surface area contributed by atoms with Crippen LogP contribution in [-0.2, 0) is 0 Å². The number of nitrogens with one attached hydrogen (secondary N) is 1. The standard InChI is InChI=1S/C49H28ClN9O5/c50-36-12-3-4-13-37(36)52-46(62)35-24-28-8-1-2-9-31(28)43(44(35)61)56-54-30-22-18-27(19-23-30)48-58-57-47(64-48)26-16-20-29(21-17-26)53-55-42-32-10-7-11-33-41(32)34(25-40(42)60)45-51-38-14-5-6-15-39(38)59(45)49(33)63/h1-25,60-61H,(H,52,62). The first-order valence-electron chi connectivity index (χ1n) is 19.8. The predicted octanol–water partition coefficient (Wildman–Crippen LogP) is 12.6. The molecule has 0 aliphatic heterocycles. The van der Waals surface area contributed by atoms with Gasteiger partial charge >= 0.3 is 0 Å². The van der Waals surface area contributed by atoms with Crippen molar-refractivity contribution in [2.45, 2.75) is 0 Å². The van der Waals surface area contributed by atoms with Crippen molar-refractivity contribution in [3.63, 3.8) is 0 Å². The highest BCUT2D eigenvalue weighted by Gasteiger charge is 2.21. The van der Waals surface area contributed by atoms with Crippen molar-refractivity contribution < 1.29 is 19.4 Å². The molecule has 0 saturated heterocycles. The summed E-state index contributed by atoms with van der Waals surface area (Å²) in [6.07, 6.45) is 0. The Hall–Kier alpha value is -8.88. The molecule has 64 heavy (non-hydrogen) atoms. The van der Waals surface area contributed by atoms with E-state index in [4.69, 9.17) is 21.0 Å². The number of para-hydroxylation sites is 3. The van der Waals surface area contributed by atoms with Gasteiger partial charge < -0.3 is 19.9 Å². The van der Waals surface area contributed by atoms with Crippen molar-refractivity contribution in [1.82, 2.24) is 19.6 Å². The molecule has 0 aliphatic carbocycles. The van der Waals surface area contributed by atoms with Gasteiger partial charge in [0.1, 0.15) is 22.8 Å². The zero-order valence-corrected chi connectivity index (χ0v) is 33.8. The molecule has 0 atom stereocenters. The summed E-state index contributed by atoms with van der Waals surface area (Å²) in [5.74, 6) is -0.428. The molecule has 3 N–H and O–H groups in total. The van der Waals surface area contributed by atoms with Crippen LogP contribution in [0.4, 0.5) is 28.4 Å². The minimum atomic E-state index is -0.553. The first-order valence-corrected chi connectivity index (χ1v) is 20.2. The molecular formula is C49H28ClN9O5. The fourth-order valence-corrected chi connectivity index (χ4v) is 7.99. The van der Waals surface area contributed by atoms with Crippen molar-refractivity contribution in [3.8, 4) is 34.4 Å². The van der Waals surface area contributed by atoms with E-state index in [2.05, 4.69) is 36.0 Å². The summed E-state index contributed by atoms with van der Waals surface area (Å²) < 4.78 is 7.60. The molecule has 0 radical (unpaired) electrons. The van der Waals surface area contributed by atoms with Gasteiger partial charge in [0.15, 0.2) is 5.75 Å². The van der Waals surface area contributed by atoms with Crippen LogP contribution < -0.4 is 10.9 Å². The second kappa shape index (κ2) is 15.2. The summed E-state index contributed by atoms with van der Waals surface area (Å²) in [4.78, 5) is 31.7. The van der Waals surface area contributed by atoms with Gasteiger partial charge in [0.25, 0.3) is 11.5 Å². The number of azo groups is 2. The number of phenols is 2. The summed E-state index contributed by atoms with van der Waals surface area (Å²) >= 11 is 6.25. The molecule has 0 spiro atoms. The molecule has 306 valence electrons. The van der Waals surface area contributed by atoms with Gasteiger partial charge in [-0.15, -0.1) is 20.4 Å². The minimum absolute atomic E-state index is 0.0154. The van der Waals surface area contributed by atoms with E-state index in [1.165, 1.54) is 0 Å². The van der Waals surface area contributed by atoms with Gasteiger partial charge in [-0.3, -0.25) is 14.0 Å². The third kappa shape index (κ3) is 6.49. The van der Waals surface area contributed by atoms with Crippen LogP contribution in [0.5, 0.6) is 11.5 Å². The number of hydrogen-bond acceptors (Lipinski definition) is 12. The maximum atomic E-state index is 13.7. The van der Waals surface area contributed by atoms with E-state index in [-0.39, 0.29) is 45.8 Å². The summed E-state index contributed by atoms with van der Waals surface area (Å²) in [7, 11) is 0. The Morgan fingerprint density at radius 2 is 1.27 bits per heavy atom. The van der Waals surface area contributed by atoms with Crippen LogP contribution in [0.3, 0.4) is 0 Å². The molecule has 14 nitrogen and oxygen atoms in total. The van der Waals surface area contributed by atoms with Gasteiger partial charge in [-0.1, -0.05) is 72.3 Å². The lowest BCUT2D eigenvalue weighted by molar-refractivity contribution is 0.102. The number of carbonyl (C=O) groups excluding carboxylic acids is 1. The number of halogens is 1. The average molecular weight is 858 g/mol. The SMILES string of the molecule is O=C(Nc1ccccc1Cl)c1cc2ccccc2c(N=Nc2ccc(-c3nnc(-c4ccc(N=Nc5c(O)cc6c7c5cccc7c(=O)n5c7ccccc7nc65)cc4)o3)cc2)c1O. The Labute approximate surface area is 365 Å². The zero-order chi connectivity index (χ0) is 43.5. The van der Waals surface area contributed by atoms with Crippen LogP contribution in [0, 0.1) is 0 Å². The van der Waals surface area contributed by atoms with Gasteiger partial charge in [-0.25, -0.2) is 4.98 Å². The third-order valence-electron chi connectivity index (χ3n) is 10.9. The molecule has 3 heterocycles. The number of rotatable bonds is 8. The molecule has 0 unspecified atom stereocenters. The molecule has 0 saturated carbocycles. The monoisotopic (exact) mass is 857 g/mol. The Bertz CT molecular complexity index is 3790. The normalized spacial score (nSPS) is 12.0. The van der Waals surface area contributed by atoms with Crippen LogP contribution in [0.1, 0.15) is 10.4 Å². The molecule has 11 aromatic rings. The van der Waals surface area contributed by atoms with Crippen LogP contribution in [-0.4, -0.2) is 35.7 Å². The number of imidazole rings is 1. The van der Waals surface area contributed by atoms with E-state index in [0.717, 1.165) is 0 Å². The molecule has 1 amide bonds. The largest absolute Gasteiger partial charge is 0.506 e. The minimum Gasteiger partial charge on any atom is -0.506 e. The number of aromatic hydroxyl groups is 2. The number of anilines is 1. The fourth-order valence-electron chi connectivity index (χ4n) is 7.80. The number of fused-ring (bicyclic) bond motifs is 5. The van der Waals surface area contributed by atoms with E-state index in [0.29, 0.717) is 82.2 Å². The van der Waals surface area contributed by atoms with Gasteiger partial charge in [0.2, 0.25) is 11.8 Å². The number of benzene rings is 8. The van der Waals surface area contributed by atoms with Crippen LogP contribution >= 0.6 is 11.6 Å². The lowest BCUT2D eigenvalue weighted by Crippen LogP contribution is -2.13. The number of hydrogen-bond donors (Lipinski definition) is 3. The number of carbonyl (C=O) groups is 1. The number of amides is 1. The van der Waals surface area contributed by atoms with Crippen LogP contribution in [0.15, 0.2) is 181 Å². The van der Waals surface area contributed by atoms with Crippen molar-refractivity contribution in [1.29, 1.82) is 0 Å². The highest BCUT2D eigenvalue weighted by Crippen LogP contribution is 2.43. The Balaban J connectivity index is 0.820. The van der Waals surface area contributed by atoms with Gasteiger partial charge in [0, 0.05) is 38.1 Å². The zero-order valence-electron chi connectivity index (χ0n) is 33.0. The smallest absolute Gasteiger partial charge is 0.264 e. The second-order valence-electron chi connectivity index (χ2n) is 14.8. The Kier molecular flexibility index (Phi) is 9.06. The molecule has 11 rings (SSSR count). The van der Waals surface area contributed by atoms with E-state index in [1.807, 2.05) is 42.5 Å². The number of nitrogens with zero attached hydrogens (tertiary/aromatic N) is 8. The predicted molar refractivity (Wildman–Crippen MR) is 245 cm³/mol. The number of phenolic OH excluding ortho intramolecular Hbond substituents is 2. The third-order valence-corrected chi connectivity index (χ3v) is 11.2. The van der Waals surface area contributed by atoms with Gasteiger partial charge in [-0.2, -0.15) is 10.2 Å². The molecule has 0 bridgehead atoms. The summed E-state index contributed by atoms with van der Waals surface area (Å²) in [5.41, 5.74) is 4.66. The summed E-state index contributed by atoms with van der Waals surface area (Å²) in [5, 5.41) is 55.3. The van der Waals surface area contributed by atoms with Gasteiger partial charge in [0.05, 0.1) is 38.7 Å². The first-order chi connectivity index (χ1) is 31.3. The van der Waals surface area contributed by atoms with Crippen molar-refractivity contribution in [2.75, 3.05) is 5.32 Å². The Morgan fingerprint density at radius 1 is 0.641 bits per heavy atom. The van der Waals surface area contributed by atoms with E-state index in [9.17, 15) is 19.8 Å². The molecule has 3 aromatic heterocycles. The maximum absolute atomic E-state index is 13.7. The second-order valence-corrected chi connectivity index (χ2v) is 15.2. The number of aromatic nitrogens is 4. The first kappa shape index (κ1) is 38.1. The quantitative estimate of drug-likeness (QED) is 0.126. The van der Waals surface area contributed by atoms with Crippen molar-refractivity contribution in [2.24, 2.45) is 20.5 Å². The fraction of sp³-hybridized carbons (Fsp3) is 0. The molecular weight excluding hydrogens is 830 g/mol. The maximum Gasteiger partial charge on any atom is 0.264 e. The lowest BCUT2D eigenvalue weighted by atomic mass is 10.0. The molecule has 15 heteroatoms. The summed E-state index contributed by atoms with van der Waals surface area (Å²) in [6.45, 7) is 0.